The molecule has 2 bridgehead atoms. The van der Waals surface area contributed by atoms with Gasteiger partial charge in [0.05, 0.1) is 5.92 Å². The SMILES string of the molecule is CC1(C)C2CCC3CCCC4C(C=O)C(C(=O)O)=C(C2)C341. The third-order valence-corrected chi connectivity index (χ3v) is 7.67. The average molecular weight is 288 g/mol. The average Bonchev–Trinajstić information content (AvgIpc) is 2.74. The predicted molar refractivity (Wildman–Crippen MR) is 78.6 cm³/mol. The van der Waals surface area contributed by atoms with Crippen LogP contribution < -0.4 is 0 Å². The van der Waals surface area contributed by atoms with Gasteiger partial charge in [0.15, 0.2) is 0 Å². The normalized spacial score (nSPS) is 46.4. The molecule has 4 aliphatic rings. The molecule has 0 aromatic heterocycles. The molecule has 3 nitrogen and oxygen atoms in total. The van der Waals surface area contributed by atoms with E-state index in [0.717, 1.165) is 25.5 Å². The lowest BCUT2D eigenvalue weighted by molar-refractivity contribution is -0.135. The first-order chi connectivity index (χ1) is 9.96. The molecule has 21 heavy (non-hydrogen) atoms. The van der Waals surface area contributed by atoms with E-state index in [1.807, 2.05) is 0 Å². The molecule has 0 aliphatic heterocycles. The van der Waals surface area contributed by atoms with Crippen LogP contribution in [-0.4, -0.2) is 17.4 Å². The molecule has 3 saturated carbocycles. The Bertz CT molecular complexity index is 559. The lowest BCUT2D eigenvalue weighted by Crippen LogP contribution is -2.53. The van der Waals surface area contributed by atoms with E-state index in [-0.39, 0.29) is 22.7 Å². The summed E-state index contributed by atoms with van der Waals surface area (Å²) in [5.74, 6) is 0.243. The van der Waals surface area contributed by atoms with Crippen molar-refractivity contribution in [2.45, 2.75) is 52.4 Å². The van der Waals surface area contributed by atoms with Crippen molar-refractivity contribution >= 4 is 12.3 Å². The number of carboxylic acid groups (broad SMARTS) is 1. The van der Waals surface area contributed by atoms with Crippen LogP contribution in [0.1, 0.15) is 52.4 Å². The Balaban J connectivity index is 2.01. The van der Waals surface area contributed by atoms with Gasteiger partial charge in [-0.05, 0) is 55.3 Å². The van der Waals surface area contributed by atoms with Crippen molar-refractivity contribution in [3.8, 4) is 0 Å². The van der Waals surface area contributed by atoms with E-state index in [9.17, 15) is 14.7 Å². The molecule has 4 aliphatic carbocycles. The fourth-order valence-electron chi connectivity index (χ4n) is 7.08. The first-order valence-electron chi connectivity index (χ1n) is 8.38. The van der Waals surface area contributed by atoms with E-state index >= 15 is 0 Å². The standard InChI is InChI=1S/C18H24O3/c1-17(2)11-7-6-10-4-3-5-13-12(9-19)15(16(20)21)14(8-11)18(10,13)17/h9-13H,3-8H2,1-2H3,(H,20,21). The van der Waals surface area contributed by atoms with Crippen molar-refractivity contribution in [1.29, 1.82) is 0 Å². The van der Waals surface area contributed by atoms with Gasteiger partial charge in [-0.1, -0.05) is 25.8 Å². The Morgan fingerprint density at radius 1 is 1.19 bits per heavy atom. The van der Waals surface area contributed by atoms with Crippen molar-refractivity contribution in [3.63, 3.8) is 0 Å². The van der Waals surface area contributed by atoms with Gasteiger partial charge in [-0.2, -0.15) is 0 Å². The van der Waals surface area contributed by atoms with Crippen LogP contribution in [0.15, 0.2) is 11.1 Å². The van der Waals surface area contributed by atoms with E-state index in [0.29, 0.717) is 17.4 Å². The maximum Gasteiger partial charge on any atom is 0.332 e. The van der Waals surface area contributed by atoms with Gasteiger partial charge < -0.3 is 9.90 Å². The van der Waals surface area contributed by atoms with E-state index in [1.54, 1.807) is 0 Å². The molecule has 0 radical (unpaired) electrons. The molecular weight excluding hydrogens is 264 g/mol. The Morgan fingerprint density at radius 3 is 2.57 bits per heavy atom. The number of aldehydes is 1. The van der Waals surface area contributed by atoms with Crippen LogP contribution in [0.5, 0.6) is 0 Å². The number of carbonyl (C=O) groups is 2. The van der Waals surface area contributed by atoms with E-state index < -0.39 is 5.97 Å². The molecule has 5 atom stereocenters. The van der Waals surface area contributed by atoms with Gasteiger partial charge in [0, 0.05) is 11.0 Å². The number of aliphatic carboxylic acids is 1. The highest BCUT2D eigenvalue weighted by Gasteiger charge is 2.71. The summed E-state index contributed by atoms with van der Waals surface area (Å²) in [4.78, 5) is 23.6. The second-order valence-electron chi connectivity index (χ2n) is 8.16. The maximum absolute atomic E-state index is 11.9. The van der Waals surface area contributed by atoms with Gasteiger partial charge in [-0.15, -0.1) is 0 Å². The number of allylic oxidation sites excluding steroid dienone is 1. The van der Waals surface area contributed by atoms with Gasteiger partial charge >= 0.3 is 5.97 Å². The maximum atomic E-state index is 11.9. The van der Waals surface area contributed by atoms with Crippen LogP contribution >= 0.6 is 0 Å². The third-order valence-electron chi connectivity index (χ3n) is 7.67. The van der Waals surface area contributed by atoms with Crippen LogP contribution in [-0.2, 0) is 9.59 Å². The van der Waals surface area contributed by atoms with Crippen LogP contribution in [0.3, 0.4) is 0 Å². The Morgan fingerprint density at radius 2 is 1.90 bits per heavy atom. The molecule has 5 unspecified atom stereocenters. The highest BCUT2D eigenvalue weighted by Crippen LogP contribution is 2.77. The summed E-state index contributed by atoms with van der Waals surface area (Å²) >= 11 is 0. The van der Waals surface area contributed by atoms with Crippen molar-refractivity contribution in [2.75, 3.05) is 0 Å². The molecule has 0 aromatic rings. The molecule has 0 aromatic carbocycles. The summed E-state index contributed by atoms with van der Waals surface area (Å²) in [6.45, 7) is 4.70. The minimum absolute atomic E-state index is 0.00741. The second-order valence-corrected chi connectivity index (χ2v) is 8.16. The van der Waals surface area contributed by atoms with Gasteiger partial charge in [-0.25, -0.2) is 4.79 Å². The minimum atomic E-state index is -0.840. The van der Waals surface area contributed by atoms with Crippen molar-refractivity contribution in [3.05, 3.63) is 11.1 Å². The van der Waals surface area contributed by atoms with Crippen LogP contribution in [0.4, 0.5) is 0 Å². The summed E-state index contributed by atoms with van der Waals surface area (Å²) in [5, 5.41) is 9.75. The Hall–Kier alpha value is -1.12. The summed E-state index contributed by atoms with van der Waals surface area (Å²) in [6.07, 6.45) is 7.72. The van der Waals surface area contributed by atoms with E-state index in [2.05, 4.69) is 13.8 Å². The first-order valence-corrected chi connectivity index (χ1v) is 8.38. The smallest absolute Gasteiger partial charge is 0.332 e. The summed E-state index contributed by atoms with van der Waals surface area (Å²) in [7, 11) is 0. The highest BCUT2D eigenvalue weighted by molar-refractivity contribution is 5.94. The quantitative estimate of drug-likeness (QED) is 0.792. The predicted octanol–water partition coefficient (Wildman–Crippen LogP) is 3.44. The Kier molecular flexibility index (Phi) is 2.57. The molecule has 0 heterocycles. The number of carboxylic acids is 1. The van der Waals surface area contributed by atoms with Gasteiger partial charge in [0.1, 0.15) is 6.29 Å². The lowest BCUT2D eigenvalue weighted by Gasteiger charge is -2.58. The zero-order chi connectivity index (χ0) is 15.0. The number of carbonyl (C=O) groups excluding carboxylic acids is 1. The topological polar surface area (TPSA) is 54.4 Å². The zero-order valence-electron chi connectivity index (χ0n) is 12.9. The largest absolute Gasteiger partial charge is 0.478 e. The van der Waals surface area contributed by atoms with Crippen LogP contribution in [0.25, 0.3) is 0 Å². The zero-order valence-corrected chi connectivity index (χ0v) is 12.9. The van der Waals surface area contributed by atoms with E-state index in [1.165, 1.54) is 24.8 Å². The Labute approximate surface area is 125 Å². The van der Waals surface area contributed by atoms with Crippen LogP contribution in [0.2, 0.25) is 0 Å². The number of hydrogen-bond donors (Lipinski definition) is 1. The van der Waals surface area contributed by atoms with Gasteiger partial charge in [0.25, 0.3) is 0 Å². The fraction of sp³-hybridized carbons (Fsp3) is 0.778. The lowest BCUT2D eigenvalue weighted by atomic mass is 9.45. The van der Waals surface area contributed by atoms with Crippen LogP contribution in [0, 0.1) is 34.5 Å². The molecule has 3 fully saturated rings. The molecular formula is C18H24O3. The third kappa shape index (κ3) is 1.28. The van der Waals surface area contributed by atoms with Gasteiger partial charge in [0.2, 0.25) is 0 Å². The van der Waals surface area contributed by atoms with Gasteiger partial charge in [-0.3, -0.25) is 0 Å². The summed E-state index contributed by atoms with van der Waals surface area (Å²) < 4.78 is 0. The fourth-order valence-corrected chi connectivity index (χ4v) is 7.08. The number of rotatable bonds is 2. The summed E-state index contributed by atoms with van der Waals surface area (Å²) in [5.41, 5.74) is 1.82. The minimum Gasteiger partial charge on any atom is -0.478 e. The van der Waals surface area contributed by atoms with Crippen molar-refractivity contribution in [2.24, 2.45) is 34.5 Å². The first kappa shape index (κ1) is 13.5. The molecule has 1 spiro atoms. The molecule has 1 N–H and O–H groups in total. The molecule has 114 valence electrons. The van der Waals surface area contributed by atoms with Crippen molar-refractivity contribution < 1.29 is 14.7 Å². The molecule has 4 rings (SSSR count). The van der Waals surface area contributed by atoms with Crippen molar-refractivity contribution in [1.82, 2.24) is 0 Å². The molecule has 0 amide bonds. The molecule has 0 saturated heterocycles. The summed E-state index contributed by atoms with van der Waals surface area (Å²) in [6, 6.07) is 0. The highest BCUT2D eigenvalue weighted by atomic mass is 16.4. The van der Waals surface area contributed by atoms with E-state index in [4.69, 9.17) is 0 Å². The number of hydrogen-bond acceptors (Lipinski definition) is 2. The molecule has 3 heteroatoms. The monoisotopic (exact) mass is 288 g/mol. The number of fused-ring (bicyclic) bond motifs is 1. The second kappa shape index (κ2) is 3.99.